The molecule has 1 aromatic heterocycles. The Morgan fingerprint density at radius 2 is 1.79 bits per heavy atom. The fourth-order valence-electron chi connectivity index (χ4n) is 2.45. The number of methoxy groups -OCH3 is 1. The largest absolute Gasteiger partial charge is 0.493 e. The van der Waals surface area contributed by atoms with Crippen molar-refractivity contribution in [2.75, 3.05) is 20.3 Å². The quantitative estimate of drug-likeness (QED) is 0.387. The van der Waals surface area contributed by atoms with Gasteiger partial charge in [0, 0.05) is 0 Å². The lowest BCUT2D eigenvalue weighted by Gasteiger charge is -2.14. The number of ether oxygens (including phenoxy) is 3. The molecule has 0 atom stereocenters. The molecule has 0 saturated heterocycles. The molecule has 0 amide bonds. The number of aryl methyl sites for hydroxylation is 2. The van der Waals surface area contributed by atoms with E-state index in [1.165, 1.54) is 28.5 Å². The van der Waals surface area contributed by atoms with E-state index in [1.807, 2.05) is 30.3 Å². The third kappa shape index (κ3) is 5.10. The minimum atomic E-state index is 0.385. The predicted octanol–water partition coefficient (Wildman–Crippen LogP) is 4.01. The zero-order valence-corrected chi connectivity index (χ0v) is 17.5. The lowest BCUT2D eigenvalue weighted by molar-refractivity contribution is 0.210. The van der Waals surface area contributed by atoms with E-state index in [2.05, 4.69) is 45.1 Å². The first-order valence-electron chi connectivity index (χ1n) is 8.66. The molecular formula is C20H21BrN4O3. The summed E-state index contributed by atoms with van der Waals surface area (Å²) >= 11 is 3.53. The first-order chi connectivity index (χ1) is 13.6. The number of nitrogens with zero attached hydrogens (tertiary/aromatic N) is 4. The molecule has 0 N–H and O–H groups in total. The molecule has 0 aliphatic heterocycles. The molecule has 0 saturated carbocycles. The van der Waals surface area contributed by atoms with E-state index < -0.39 is 0 Å². The number of rotatable bonds is 8. The maximum Gasteiger partial charge on any atom is 0.175 e. The van der Waals surface area contributed by atoms with E-state index in [9.17, 15) is 0 Å². The molecule has 3 rings (SSSR count). The minimum Gasteiger partial charge on any atom is -0.493 e. The standard InChI is InChI=1S/C20H21BrN4O3/c1-14-4-5-17(8-15(14)2)27-6-7-28-20-18(21)9-16(10-19(20)26-3)11-24-25-12-22-23-13-25/h4-5,8-13H,6-7H2,1-3H3/b24-11+. The van der Waals surface area contributed by atoms with Crippen LogP contribution in [0, 0.1) is 13.8 Å². The van der Waals surface area contributed by atoms with Gasteiger partial charge < -0.3 is 14.2 Å². The molecule has 0 aliphatic carbocycles. The van der Waals surface area contributed by atoms with E-state index in [0.717, 1.165) is 15.8 Å². The second-order valence-electron chi connectivity index (χ2n) is 6.06. The summed E-state index contributed by atoms with van der Waals surface area (Å²) in [4.78, 5) is 0. The fourth-order valence-corrected chi connectivity index (χ4v) is 3.02. The molecule has 0 spiro atoms. The van der Waals surface area contributed by atoms with Gasteiger partial charge in [0.1, 0.15) is 31.6 Å². The van der Waals surface area contributed by atoms with Gasteiger partial charge in [-0.05, 0) is 70.7 Å². The summed E-state index contributed by atoms with van der Waals surface area (Å²) in [6.07, 6.45) is 4.70. The third-order valence-electron chi connectivity index (χ3n) is 4.08. The highest BCUT2D eigenvalue weighted by Gasteiger charge is 2.11. The Hall–Kier alpha value is -2.87. The van der Waals surface area contributed by atoms with Crippen molar-refractivity contribution in [1.82, 2.24) is 14.9 Å². The van der Waals surface area contributed by atoms with Gasteiger partial charge in [0.2, 0.25) is 0 Å². The van der Waals surface area contributed by atoms with Crippen molar-refractivity contribution >= 4 is 22.1 Å². The van der Waals surface area contributed by atoms with Crippen molar-refractivity contribution in [3.63, 3.8) is 0 Å². The summed E-state index contributed by atoms with van der Waals surface area (Å²) in [6.45, 7) is 4.95. The SMILES string of the molecule is COc1cc(/C=N/n2cnnc2)cc(Br)c1OCCOc1ccc(C)c(C)c1. The van der Waals surface area contributed by atoms with Crippen LogP contribution in [-0.2, 0) is 0 Å². The maximum atomic E-state index is 5.87. The topological polar surface area (TPSA) is 70.8 Å². The van der Waals surface area contributed by atoms with Crippen LogP contribution in [0.15, 0.2) is 52.6 Å². The Labute approximate surface area is 172 Å². The smallest absolute Gasteiger partial charge is 0.175 e. The summed E-state index contributed by atoms with van der Waals surface area (Å²) in [5, 5.41) is 11.6. The van der Waals surface area contributed by atoms with Gasteiger partial charge in [0.15, 0.2) is 11.5 Å². The first-order valence-corrected chi connectivity index (χ1v) is 9.45. The normalized spacial score (nSPS) is 11.0. The molecular weight excluding hydrogens is 424 g/mol. The maximum absolute atomic E-state index is 5.87. The number of benzene rings is 2. The van der Waals surface area contributed by atoms with Crippen LogP contribution in [0.5, 0.6) is 17.2 Å². The molecule has 0 bridgehead atoms. The van der Waals surface area contributed by atoms with Crippen LogP contribution in [0.3, 0.4) is 0 Å². The van der Waals surface area contributed by atoms with Crippen LogP contribution >= 0.6 is 15.9 Å². The van der Waals surface area contributed by atoms with Gasteiger partial charge in [-0.3, -0.25) is 0 Å². The van der Waals surface area contributed by atoms with Gasteiger partial charge in [-0.25, -0.2) is 4.68 Å². The van der Waals surface area contributed by atoms with E-state index in [0.29, 0.717) is 24.7 Å². The summed E-state index contributed by atoms with van der Waals surface area (Å²) in [5.41, 5.74) is 3.29. The third-order valence-corrected chi connectivity index (χ3v) is 4.66. The highest BCUT2D eigenvalue weighted by molar-refractivity contribution is 9.10. The van der Waals surface area contributed by atoms with E-state index in [4.69, 9.17) is 14.2 Å². The highest BCUT2D eigenvalue weighted by Crippen LogP contribution is 2.36. The minimum absolute atomic E-state index is 0.385. The van der Waals surface area contributed by atoms with Gasteiger partial charge in [-0.15, -0.1) is 10.2 Å². The zero-order chi connectivity index (χ0) is 19.9. The molecule has 146 valence electrons. The van der Waals surface area contributed by atoms with Gasteiger partial charge >= 0.3 is 0 Å². The zero-order valence-electron chi connectivity index (χ0n) is 15.9. The van der Waals surface area contributed by atoms with Crippen molar-refractivity contribution in [1.29, 1.82) is 0 Å². The van der Waals surface area contributed by atoms with Crippen LogP contribution < -0.4 is 14.2 Å². The van der Waals surface area contributed by atoms with Crippen LogP contribution in [-0.4, -0.2) is 41.4 Å². The number of aromatic nitrogens is 3. The van der Waals surface area contributed by atoms with E-state index in [1.54, 1.807) is 13.3 Å². The molecule has 0 aliphatic rings. The molecule has 3 aromatic rings. The average Bonchev–Trinajstić information content (AvgIpc) is 3.20. The molecule has 2 aromatic carbocycles. The second kappa shape index (κ2) is 9.36. The van der Waals surface area contributed by atoms with Gasteiger partial charge in [-0.2, -0.15) is 5.10 Å². The van der Waals surface area contributed by atoms with E-state index in [-0.39, 0.29) is 0 Å². The number of hydrogen-bond donors (Lipinski definition) is 0. The van der Waals surface area contributed by atoms with Crippen molar-refractivity contribution < 1.29 is 14.2 Å². The molecule has 28 heavy (non-hydrogen) atoms. The summed E-state index contributed by atoms with van der Waals surface area (Å²) in [7, 11) is 1.60. The van der Waals surface area contributed by atoms with Crippen molar-refractivity contribution in [3.05, 3.63) is 64.1 Å². The summed E-state index contributed by atoms with van der Waals surface area (Å²) in [5.74, 6) is 2.05. The molecule has 0 radical (unpaired) electrons. The number of hydrogen-bond acceptors (Lipinski definition) is 6. The summed E-state index contributed by atoms with van der Waals surface area (Å²) in [6, 6.07) is 9.78. The molecule has 7 nitrogen and oxygen atoms in total. The van der Waals surface area contributed by atoms with Crippen molar-refractivity contribution in [2.45, 2.75) is 13.8 Å². The lowest BCUT2D eigenvalue weighted by atomic mass is 10.1. The fraction of sp³-hybridized carbons (Fsp3) is 0.250. The van der Waals surface area contributed by atoms with E-state index >= 15 is 0 Å². The molecule has 0 fully saturated rings. The number of halogens is 1. The predicted molar refractivity (Wildman–Crippen MR) is 111 cm³/mol. The van der Waals surface area contributed by atoms with Crippen molar-refractivity contribution in [3.8, 4) is 17.2 Å². The Bertz CT molecular complexity index is 958. The monoisotopic (exact) mass is 444 g/mol. The Balaban J connectivity index is 1.62. The van der Waals surface area contributed by atoms with Crippen LogP contribution in [0.2, 0.25) is 0 Å². The molecule has 8 heteroatoms. The van der Waals surface area contributed by atoms with Crippen molar-refractivity contribution in [2.24, 2.45) is 5.10 Å². The molecule has 0 unspecified atom stereocenters. The van der Waals surface area contributed by atoms with Gasteiger partial charge in [-0.1, -0.05) is 6.07 Å². The highest BCUT2D eigenvalue weighted by atomic mass is 79.9. The van der Waals surface area contributed by atoms with Crippen LogP contribution in [0.1, 0.15) is 16.7 Å². The van der Waals surface area contributed by atoms with Gasteiger partial charge in [0.05, 0.1) is 17.8 Å². The Kier molecular flexibility index (Phi) is 6.65. The van der Waals surface area contributed by atoms with Crippen LogP contribution in [0.4, 0.5) is 0 Å². The summed E-state index contributed by atoms with van der Waals surface area (Å²) < 4.78 is 19.4. The Morgan fingerprint density at radius 3 is 2.50 bits per heavy atom. The first kappa shape index (κ1) is 19.9. The van der Waals surface area contributed by atoms with Crippen LogP contribution in [0.25, 0.3) is 0 Å². The van der Waals surface area contributed by atoms with Gasteiger partial charge in [0.25, 0.3) is 0 Å². The second-order valence-corrected chi connectivity index (χ2v) is 6.92. The molecule has 1 heterocycles. The lowest BCUT2D eigenvalue weighted by Crippen LogP contribution is -2.10. The Morgan fingerprint density at radius 1 is 1.04 bits per heavy atom. The average molecular weight is 445 g/mol.